The third-order valence-electron chi connectivity index (χ3n) is 3.48. The van der Waals surface area contributed by atoms with Gasteiger partial charge in [0.1, 0.15) is 0 Å². The first-order valence-electron chi connectivity index (χ1n) is 6.06. The van der Waals surface area contributed by atoms with Crippen LogP contribution in [0, 0.1) is 5.92 Å². The topological polar surface area (TPSA) is 61.8 Å². The number of rotatable bonds is 4. The van der Waals surface area contributed by atoms with Crippen molar-refractivity contribution in [3.63, 3.8) is 0 Å². The standard InChI is InChI=1S/C11H20N2O3/c14-11(15)10-13(7-8-16-10)6-3-9-1-4-12-5-2-9/h9-10,12H,1-8H2,(H,14,15). The molecule has 2 heterocycles. The van der Waals surface area contributed by atoms with Crippen LogP contribution >= 0.6 is 0 Å². The lowest BCUT2D eigenvalue weighted by atomic mass is 9.94. The molecule has 5 nitrogen and oxygen atoms in total. The normalized spacial score (nSPS) is 28.4. The molecule has 0 bridgehead atoms. The Morgan fingerprint density at radius 1 is 1.44 bits per heavy atom. The van der Waals surface area contributed by atoms with E-state index < -0.39 is 12.2 Å². The number of nitrogens with zero attached hydrogens (tertiary/aromatic N) is 1. The Hall–Kier alpha value is -0.650. The van der Waals surface area contributed by atoms with Crippen LogP contribution in [-0.2, 0) is 9.53 Å². The van der Waals surface area contributed by atoms with E-state index in [-0.39, 0.29) is 0 Å². The predicted molar refractivity (Wildman–Crippen MR) is 59.2 cm³/mol. The molecule has 2 aliphatic heterocycles. The van der Waals surface area contributed by atoms with E-state index in [9.17, 15) is 4.79 Å². The monoisotopic (exact) mass is 228 g/mol. The summed E-state index contributed by atoms with van der Waals surface area (Å²) in [5, 5.41) is 12.3. The summed E-state index contributed by atoms with van der Waals surface area (Å²) in [6.45, 7) is 4.35. The van der Waals surface area contributed by atoms with Crippen LogP contribution in [0.25, 0.3) is 0 Å². The summed E-state index contributed by atoms with van der Waals surface area (Å²) in [4.78, 5) is 12.8. The number of carboxylic acids is 1. The fourth-order valence-electron chi connectivity index (χ4n) is 2.48. The average Bonchev–Trinajstić information content (AvgIpc) is 2.76. The van der Waals surface area contributed by atoms with Gasteiger partial charge in [0.25, 0.3) is 0 Å². The molecule has 2 saturated heterocycles. The van der Waals surface area contributed by atoms with E-state index in [1.807, 2.05) is 4.90 Å². The first-order valence-corrected chi connectivity index (χ1v) is 6.06. The summed E-state index contributed by atoms with van der Waals surface area (Å²) in [6.07, 6.45) is 2.81. The van der Waals surface area contributed by atoms with Crippen molar-refractivity contribution in [1.29, 1.82) is 0 Å². The second kappa shape index (κ2) is 5.61. The smallest absolute Gasteiger partial charge is 0.348 e. The Bertz CT molecular complexity index is 241. The molecule has 0 aromatic heterocycles. The molecule has 1 unspecified atom stereocenters. The number of ether oxygens (including phenoxy) is 1. The van der Waals surface area contributed by atoms with Gasteiger partial charge >= 0.3 is 5.97 Å². The Morgan fingerprint density at radius 3 is 2.88 bits per heavy atom. The van der Waals surface area contributed by atoms with Crippen LogP contribution < -0.4 is 5.32 Å². The Morgan fingerprint density at radius 2 is 2.19 bits per heavy atom. The number of carbonyl (C=O) groups is 1. The number of nitrogens with one attached hydrogen (secondary N) is 1. The fraction of sp³-hybridized carbons (Fsp3) is 0.909. The molecule has 2 fully saturated rings. The highest BCUT2D eigenvalue weighted by molar-refractivity contribution is 5.72. The molecule has 2 aliphatic rings. The van der Waals surface area contributed by atoms with Gasteiger partial charge in [0.15, 0.2) is 0 Å². The van der Waals surface area contributed by atoms with Crippen LogP contribution in [0.5, 0.6) is 0 Å². The second-order valence-electron chi connectivity index (χ2n) is 4.58. The van der Waals surface area contributed by atoms with E-state index >= 15 is 0 Å². The molecule has 0 radical (unpaired) electrons. The molecule has 0 aliphatic carbocycles. The van der Waals surface area contributed by atoms with Crippen molar-refractivity contribution in [2.45, 2.75) is 25.5 Å². The highest BCUT2D eigenvalue weighted by Gasteiger charge is 2.31. The summed E-state index contributed by atoms with van der Waals surface area (Å²) >= 11 is 0. The van der Waals surface area contributed by atoms with E-state index in [1.165, 1.54) is 12.8 Å². The maximum Gasteiger partial charge on any atom is 0.348 e. The van der Waals surface area contributed by atoms with Gasteiger partial charge in [-0.25, -0.2) is 4.79 Å². The molecule has 1 atom stereocenters. The van der Waals surface area contributed by atoms with E-state index in [1.54, 1.807) is 0 Å². The SMILES string of the molecule is O=C(O)C1OCCN1CCC1CCNCC1. The molecule has 0 amide bonds. The van der Waals surface area contributed by atoms with E-state index in [0.29, 0.717) is 6.61 Å². The van der Waals surface area contributed by atoms with Crippen molar-refractivity contribution in [1.82, 2.24) is 10.2 Å². The molecule has 2 rings (SSSR count). The van der Waals surface area contributed by atoms with Crippen LogP contribution in [0.15, 0.2) is 0 Å². The Balaban J connectivity index is 1.73. The zero-order chi connectivity index (χ0) is 11.4. The Kier molecular flexibility index (Phi) is 4.15. The first-order chi connectivity index (χ1) is 7.77. The largest absolute Gasteiger partial charge is 0.478 e. The number of hydrogen-bond donors (Lipinski definition) is 2. The van der Waals surface area contributed by atoms with Crippen LogP contribution in [0.3, 0.4) is 0 Å². The lowest BCUT2D eigenvalue weighted by Crippen LogP contribution is -2.38. The van der Waals surface area contributed by atoms with Crippen molar-refractivity contribution < 1.29 is 14.6 Å². The maximum absolute atomic E-state index is 10.9. The molecule has 0 aromatic carbocycles. The number of hydrogen-bond acceptors (Lipinski definition) is 4. The van der Waals surface area contributed by atoms with E-state index in [0.717, 1.165) is 38.5 Å². The van der Waals surface area contributed by atoms with Crippen molar-refractivity contribution >= 4 is 5.97 Å². The summed E-state index contributed by atoms with van der Waals surface area (Å²) < 4.78 is 5.18. The van der Waals surface area contributed by atoms with E-state index in [4.69, 9.17) is 9.84 Å². The fourth-order valence-corrected chi connectivity index (χ4v) is 2.48. The quantitative estimate of drug-likeness (QED) is 0.715. The van der Waals surface area contributed by atoms with Crippen molar-refractivity contribution in [2.24, 2.45) is 5.92 Å². The van der Waals surface area contributed by atoms with Crippen LogP contribution in [-0.4, -0.2) is 55.0 Å². The number of aliphatic carboxylic acids is 1. The van der Waals surface area contributed by atoms with Gasteiger partial charge in [-0.2, -0.15) is 0 Å². The van der Waals surface area contributed by atoms with Gasteiger partial charge in [-0.15, -0.1) is 0 Å². The van der Waals surface area contributed by atoms with Crippen molar-refractivity contribution in [3.8, 4) is 0 Å². The van der Waals surface area contributed by atoms with Gasteiger partial charge in [0.05, 0.1) is 6.61 Å². The van der Waals surface area contributed by atoms with Gasteiger partial charge < -0.3 is 15.2 Å². The zero-order valence-electron chi connectivity index (χ0n) is 9.52. The summed E-state index contributed by atoms with van der Waals surface area (Å²) in [5.41, 5.74) is 0. The second-order valence-corrected chi connectivity index (χ2v) is 4.58. The van der Waals surface area contributed by atoms with Crippen molar-refractivity contribution in [3.05, 3.63) is 0 Å². The highest BCUT2D eigenvalue weighted by atomic mass is 16.5. The molecule has 0 spiro atoms. The maximum atomic E-state index is 10.9. The molecular formula is C11H20N2O3. The third-order valence-corrected chi connectivity index (χ3v) is 3.48. The predicted octanol–water partition coefficient (Wildman–Crippen LogP) is 0.119. The summed E-state index contributed by atoms with van der Waals surface area (Å²) in [6, 6.07) is 0. The first kappa shape index (κ1) is 11.8. The van der Waals surface area contributed by atoms with Gasteiger partial charge in [0, 0.05) is 13.1 Å². The minimum absolute atomic E-state index is 0.545. The number of carboxylic acid groups (broad SMARTS) is 1. The highest BCUT2D eigenvalue weighted by Crippen LogP contribution is 2.18. The molecule has 92 valence electrons. The minimum atomic E-state index is -0.859. The minimum Gasteiger partial charge on any atom is -0.478 e. The molecule has 0 aromatic rings. The lowest BCUT2D eigenvalue weighted by Gasteiger charge is -2.26. The van der Waals surface area contributed by atoms with E-state index in [2.05, 4.69) is 5.32 Å². The van der Waals surface area contributed by atoms with Gasteiger partial charge in [0.2, 0.25) is 6.23 Å². The summed E-state index contributed by atoms with van der Waals surface area (Å²) in [5.74, 6) is -0.112. The van der Waals surface area contributed by atoms with Crippen LogP contribution in [0.1, 0.15) is 19.3 Å². The summed E-state index contributed by atoms with van der Waals surface area (Å²) in [7, 11) is 0. The zero-order valence-corrected chi connectivity index (χ0v) is 9.52. The van der Waals surface area contributed by atoms with Crippen molar-refractivity contribution in [2.75, 3.05) is 32.8 Å². The van der Waals surface area contributed by atoms with Crippen LogP contribution in [0.4, 0.5) is 0 Å². The van der Waals surface area contributed by atoms with Crippen LogP contribution in [0.2, 0.25) is 0 Å². The molecule has 0 saturated carbocycles. The number of piperidine rings is 1. The third kappa shape index (κ3) is 2.93. The Labute approximate surface area is 95.8 Å². The average molecular weight is 228 g/mol. The molecule has 2 N–H and O–H groups in total. The van der Waals surface area contributed by atoms with Gasteiger partial charge in [-0.1, -0.05) is 0 Å². The molecular weight excluding hydrogens is 208 g/mol. The van der Waals surface area contributed by atoms with Gasteiger partial charge in [-0.3, -0.25) is 4.90 Å². The lowest BCUT2D eigenvalue weighted by molar-refractivity contribution is -0.154. The van der Waals surface area contributed by atoms with Gasteiger partial charge in [-0.05, 0) is 38.3 Å². The molecule has 16 heavy (non-hydrogen) atoms. The molecule has 5 heteroatoms.